The van der Waals surface area contributed by atoms with E-state index in [1.807, 2.05) is 84.3 Å². The van der Waals surface area contributed by atoms with Gasteiger partial charge in [0.25, 0.3) is 0 Å². The highest BCUT2D eigenvalue weighted by Crippen LogP contribution is 2.29. The van der Waals surface area contributed by atoms with Crippen LogP contribution < -0.4 is 0 Å². The number of H-pyrrole nitrogens is 1. The van der Waals surface area contributed by atoms with E-state index in [1.165, 1.54) is 0 Å². The Labute approximate surface area is 162 Å². The Morgan fingerprint density at radius 1 is 0.963 bits per heavy atom. The van der Waals surface area contributed by atoms with Crippen molar-refractivity contribution in [3.63, 3.8) is 0 Å². The predicted molar refractivity (Wildman–Crippen MR) is 108 cm³/mol. The highest BCUT2D eigenvalue weighted by molar-refractivity contribution is 7.71. The zero-order valence-electron chi connectivity index (χ0n) is 14.8. The van der Waals surface area contributed by atoms with Gasteiger partial charge in [-0.05, 0) is 41.5 Å². The largest absolute Gasteiger partial charge is 0.272 e. The van der Waals surface area contributed by atoms with Gasteiger partial charge in [-0.25, -0.2) is 4.39 Å². The predicted octanol–water partition coefficient (Wildman–Crippen LogP) is 5.89. The molecule has 0 bridgehead atoms. The zero-order chi connectivity index (χ0) is 18.8. The molecule has 3 nitrogen and oxygen atoms in total. The van der Waals surface area contributed by atoms with Crippen LogP contribution in [-0.4, -0.2) is 14.8 Å². The molecule has 3 aromatic carbocycles. The van der Waals surface area contributed by atoms with Crippen molar-refractivity contribution in [3.05, 3.63) is 101 Å². The lowest BCUT2D eigenvalue weighted by atomic mass is 9.96. The Morgan fingerprint density at radius 3 is 2.30 bits per heavy atom. The minimum atomic E-state index is -0.244. The molecule has 0 amide bonds. The molecule has 1 atom stereocenters. The average Bonchev–Trinajstić information content (AvgIpc) is 3.10. The third kappa shape index (κ3) is 3.34. The van der Waals surface area contributed by atoms with Gasteiger partial charge in [-0.2, -0.15) is 5.10 Å². The number of halogens is 1. The summed E-state index contributed by atoms with van der Waals surface area (Å²) in [6.45, 7) is 2.00. The van der Waals surface area contributed by atoms with Crippen molar-refractivity contribution >= 4 is 12.2 Å². The Balaban J connectivity index is 1.74. The molecule has 0 unspecified atom stereocenters. The molecule has 134 valence electrons. The lowest BCUT2D eigenvalue weighted by Crippen LogP contribution is -2.07. The molecule has 0 saturated carbocycles. The topological polar surface area (TPSA) is 33.6 Å². The summed E-state index contributed by atoms with van der Waals surface area (Å²) in [5.74, 6) is 0.376. The number of nitrogens with zero attached hydrogens (tertiary/aromatic N) is 2. The Bertz CT molecular complexity index is 1120. The number of aromatic amines is 1. The number of para-hydroxylation sites is 1. The fourth-order valence-corrected chi connectivity index (χ4v) is 3.47. The van der Waals surface area contributed by atoms with Crippen LogP contribution in [0.3, 0.4) is 0 Å². The van der Waals surface area contributed by atoms with Crippen LogP contribution in [0.5, 0.6) is 0 Å². The molecule has 1 heterocycles. The molecule has 1 N–H and O–H groups in total. The van der Waals surface area contributed by atoms with Gasteiger partial charge in [-0.15, -0.1) is 0 Å². The number of benzene rings is 3. The third-order valence-electron chi connectivity index (χ3n) is 4.68. The van der Waals surface area contributed by atoms with E-state index in [-0.39, 0.29) is 11.7 Å². The van der Waals surface area contributed by atoms with Crippen molar-refractivity contribution < 1.29 is 4.39 Å². The second kappa shape index (κ2) is 7.29. The van der Waals surface area contributed by atoms with Crippen molar-refractivity contribution in [2.45, 2.75) is 12.8 Å². The molecule has 0 aliphatic carbocycles. The van der Waals surface area contributed by atoms with Gasteiger partial charge in [0, 0.05) is 17.2 Å². The first-order valence-electron chi connectivity index (χ1n) is 8.73. The van der Waals surface area contributed by atoms with Crippen molar-refractivity contribution in [3.8, 4) is 16.8 Å². The summed E-state index contributed by atoms with van der Waals surface area (Å²) in [7, 11) is 0. The molecule has 0 radical (unpaired) electrons. The Morgan fingerprint density at radius 2 is 1.63 bits per heavy atom. The first-order chi connectivity index (χ1) is 13.1. The maximum atomic E-state index is 14.8. The SMILES string of the molecule is C[C@H](c1ccc(-c2ccccc2)c(F)c1)c1n[nH]c(=S)n1-c1ccccc1. The standard InChI is InChI=1S/C22H18FN3S/c1-15(21-24-25-22(27)26(21)18-10-6-3-7-11-18)17-12-13-19(20(23)14-17)16-8-4-2-5-9-16/h2-15H,1H3,(H,25,27)/t15-/m1/s1. The van der Waals surface area contributed by atoms with Gasteiger partial charge in [0.2, 0.25) is 0 Å². The van der Waals surface area contributed by atoms with Gasteiger partial charge >= 0.3 is 0 Å². The minimum absolute atomic E-state index is 0.127. The fourth-order valence-electron chi connectivity index (χ4n) is 3.23. The molecular formula is C22H18FN3S. The van der Waals surface area contributed by atoms with Gasteiger partial charge in [0.05, 0.1) is 0 Å². The van der Waals surface area contributed by atoms with Gasteiger partial charge in [-0.1, -0.05) is 67.6 Å². The summed E-state index contributed by atoms with van der Waals surface area (Å²) in [5.41, 5.74) is 3.23. The summed E-state index contributed by atoms with van der Waals surface area (Å²) in [5, 5.41) is 7.26. The normalized spacial score (nSPS) is 12.1. The monoisotopic (exact) mass is 375 g/mol. The lowest BCUT2D eigenvalue weighted by Gasteiger charge is -2.15. The number of aromatic nitrogens is 3. The van der Waals surface area contributed by atoms with E-state index < -0.39 is 0 Å². The number of hydrogen-bond donors (Lipinski definition) is 1. The van der Waals surface area contributed by atoms with Gasteiger partial charge in [-0.3, -0.25) is 9.67 Å². The van der Waals surface area contributed by atoms with Gasteiger partial charge in [0.1, 0.15) is 11.6 Å². The molecule has 4 aromatic rings. The van der Waals surface area contributed by atoms with Crippen LogP contribution in [0, 0.1) is 10.6 Å². The quantitative estimate of drug-likeness (QED) is 0.451. The minimum Gasteiger partial charge on any atom is -0.272 e. The molecule has 27 heavy (non-hydrogen) atoms. The van der Waals surface area contributed by atoms with Gasteiger partial charge < -0.3 is 0 Å². The van der Waals surface area contributed by atoms with Crippen molar-refractivity contribution in [2.24, 2.45) is 0 Å². The van der Waals surface area contributed by atoms with Crippen LogP contribution in [0.25, 0.3) is 16.8 Å². The molecule has 1 aromatic heterocycles. The molecule has 4 rings (SSSR count). The number of hydrogen-bond acceptors (Lipinski definition) is 2. The summed E-state index contributed by atoms with van der Waals surface area (Å²) >= 11 is 5.41. The van der Waals surface area contributed by atoms with E-state index in [1.54, 1.807) is 6.07 Å². The second-order valence-corrected chi connectivity index (χ2v) is 6.77. The van der Waals surface area contributed by atoms with Crippen LogP contribution in [0.2, 0.25) is 0 Å². The Hall–Kier alpha value is -3.05. The van der Waals surface area contributed by atoms with E-state index in [9.17, 15) is 4.39 Å². The van der Waals surface area contributed by atoms with Crippen LogP contribution >= 0.6 is 12.2 Å². The summed E-state index contributed by atoms with van der Waals surface area (Å²) in [6.07, 6.45) is 0. The van der Waals surface area contributed by atoms with E-state index in [0.29, 0.717) is 10.3 Å². The van der Waals surface area contributed by atoms with Crippen molar-refractivity contribution in [2.75, 3.05) is 0 Å². The van der Waals surface area contributed by atoms with E-state index >= 15 is 0 Å². The first kappa shape index (κ1) is 17.4. The van der Waals surface area contributed by atoms with E-state index in [4.69, 9.17) is 12.2 Å². The number of rotatable bonds is 4. The second-order valence-electron chi connectivity index (χ2n) is 6.38. The summed E-state index contributed by atoms with van der Waals surface area (Å²) in [6, 6.07) is 24.7. The molecule has 0 saturated heterocycles. The highest BCUT2D eigenvalue weighted by Gasteiger charge is 2.19. The molecule has 0 fully saturated rings. The number of nitrogens with one attached hydrogen (secondary N) is 1. The molecule has 0 aliphatic rings. The van der Waals surface area contributed by atoms with Crippen molar-refractivity contribution in [1.82, 2.24) is 14.8 Å². The van der Waals surface area contributed by atoms with E-state index in [2.05, 4.69) is 10.2 Å². The maximum absolute atomic E-state index is 14.8. The van der Waals surface area contributed by atoms with Crippen LogP contribution in [-0.2, 0) is 0 Å². The summed E-state index contributed by atoms with van der Waals surface area (Å²) in [4.78, 5) is 0. The smallest absolute Gasteiger partial charge is 0.199 e. The maximum Gasteiger partial charge on any atom is 0.199 e. The van der Waals surface area contributed by atoms with E-state index in [0.717, 1.165) is 22.6 Å². The van der Waals surface area contributed by atoms with Crippen molar-refractivity contribution in [1.29, 1.82) is 0 Å². The zero-order valence-corrected chi connectivity index (χ0v) is 15.6. The third-order valence-corrected chi connectivity index (χ3v) is 4.95. The lowest BCUT2D eigenvalue weighted by molar-refractivity contribution is 0.626. The molecule has 0 aliphatic heterocycles. The molecular weight excluding hydrogens is 357 g/mol. The highest BCUT2D eigenvalue weighted by atomic mass is 32.1. The van der Waals surface area contributed by atoms with Crippen LogP contribution in [0.1, 0.15) is 24.2 Å². The first-order valence-corrected chi connectivity index (χ1v) is 9.13. The van der Waals surface area contributed by atoms with Gasteiger partial charge in [0.15, 0.2) is 4.77 Å². The average molecular weight is 375 g/mol. The van der Waals surface area contributed by atoms with Crippen LogP contribution in [0.15, 0.2) is 78.9 Å². The Kier molecular flexibility index (Phi) is 4.69. The molecule has 0 spiro atoms. The summed E-state index contributed by atoms with van der Waals surface area (Å²) < 4.78 is 17.2. The van der Waals surface area contributed by atoms with Crippen LogP contribution in [0.4, 0.5) is 4.39 Å². The molecule has 5 heteroatoms. The fraction of sp³-hybridized carbons (Fsp3) is 0.0909.